The van der Waals surface area contributed by atoms with Gasteiger partial charge in [-0.25, -0.2) is 4.79 Å². The van der Waals surface area contributed by atoms with Crippen LogP contribution >= 0.6 is 0 Å². The normalized spacial score (nSPS) is 15.8. The van der Waals surface area contributed by atoms with Crippen LogP contribution in [0.25, 0.3) is 10.8 Å². The predicted molar refractivity (Wildman–Crippen MR) is 90.5 cm³/mol. The third-order valence-corrected chi connectivity index (χ3v) is 3.59. The van der Waals surface area contributed by atoms with Crippen molar-refractivity contribution in [3.05, 3.63) is 48.6 Å². The molecule has 0 aromatic heterocycles. The van der Waals surface area contributed by atoms with E-state index in [1.165, 1.54) is 0 Å². The second-order valence-corrected chi connectivity index (χ2v) is 5.64. The van der Waals surface area contributed by atoms with Crippen LogP contribution in [-0.4, -0.2) is 38.5 Å². The van der Waals surface area contributed by atoms with Crippen molar-refractivity contribution in [3.63, 3.8) is 0 Å². The molecule has 1 atom stereocenters. The van der Waals surface area contributed by atoms with E-state index in [9.17, 15) is 4.79 Å². The Labute approximate surface area is 140 Å². The molecule has 5 nitrogen and oxygen atoms in total. The average Bonchev–Trinajstić information content (AvgIpc) is 3.41. The van der Waals surface area contributed by atoms with E-state index in [4.69, 9.17) is 18.9 Å². The lowest BCUT2D eigenvalue weighted by Gasteiger charge is -2.13. The Balaban J connectivity index is 1.66. The molecule has 1 unspecified atom stereocenters. The number of hydrogen-bond donors (Lipinski definition) is 0. The van der Waals surface area contributed by atoms with Crippen molar-refractivity contribution >= 4 is 16.7 Å². The van der Waals surface area contributed by atoms with Crippen molar-refractivity contribution in [2.45, 2.75) is 13.0 Å². The molecular weight excluding hydrogens is 308 g/mol. The fourth-order valence-corrected chi connectivity index (χ4v) is 2.25. The van der Waals surface area contributed by atoms with Gasteiger partial charge in [0.15, 0.2) is 0 Å². The number of fused-ring (bicyclic) bond motifs is 1. The zero-order chi connectivity index (χ0) is 16.9. The topological polar surface area (TPSA) is 57.3 Å². The Bertz CT molecular complexity index is 749. The van der Waals surface area contributed by atoms with Crippen molar-refractivity contribution in [1.82, 2.24) is 0 Å². The molecule has 2 aromatic rings. The highest BCUT2D eigenvalue weighted by Crippen LogP contribution is 2.33. The summed E-state index contributed by atoms with van der Waals surface area (Å²) in [5.74, 6) is 1.13. The molecule has 0 saturated carbocycles. The molecule has 0 radical (unpaired) electrons. The van der Waals surface area contributed by atoms with Gasteiger partial charge in [-0.15, -0.1) is 0 Å². The molecule has 1 aliphatic rings. The number of rotatable bonds is 8. The summed E-state index contributed by atoms with van der Waals surface area (Å²) in [6.07, 6.45) is 0.211. The lowest BCUT2D eigenvalue weighted by molar-refractivity contribution is -0.139. The summed E-state index contributed by atoms with van der Waals surface area (Å²) in [7, 11) is 0. The predicted octanol–water partition coefficient (Wildman–Crippen LogP) is 3.12. The van der Waals surface area contributed by atoms with Crippen molar-refractivity contribution in [3.8, 4) is 11.5 Å². The first-order chi connectivity index (χ1) is 11.6. The highest BCUT2D eigenvalue weighted by Gasteiger charge is 2.23. The Morgan fingerprint density at radius 3 is 2.33 bits per heavy atom. The molecular formula is C19H20O5. The minimum absolute atomic E-state index is 0.178. The smallest absolute Gasteiger partial charge is 0.333 e. The number of carbonyl (C=O) groups is 1. The Hall–Kier alpha value is -2.53. The summed E-state index contributed by atoms with van der Waals surface area (Å²) in [5.41, 5.74) is 0.376. The highest BCUT2D eigenvalue weighted by atomic mass is 16.6. The van der Waals surface area contributed by atoms with Gasteiger partial charge in [0.1, 0.15) is 37.4 Å². The molecule has 2 aromatic carbocycles. The minimum atomic E-state index is -0.408. The van der Waals surface area contributed by atoms with E-state index in [2.05, 4.69) is 6.58 Å². The van der Waals surface area contributed by atoms with E-state index in [0.717, 1.165) is 28.9 Å². The maximum absolute atomic E-state index is 11.3. The molecule has 0 spiro atoms. The first-order valence-electron chi connectivity index (χ1n) is 7.86. The second kappa shape index (κ2) is 7.36. The van der Waals surface area contributed by atoms with Gasteiger partial charge in [0.05, 0.1) is 6.61 Å². The largest absolute Gasteiger partial charge is 0.490 e. The third kappa shape index (κ3) is 4.06. The van der Waals surface area contributed by atoms with E-state index in [0.29, 0.717) is 12.2 Å². The fourth-order valence-electron chi connectivity index (χ4n) is 2.25. The molecule has 126 valence electrons. The van der Waals surface area contributed by atoms with Gasteiger partial charge in [0, 0.05) is 16.3 Å². The molecule has 24 heavy (non-hydrogen) atoms. The molecule has 1 fully saturated rings. The summed E-state index contributed by atoms with van der Waals surface area (Å²) in [4.78, 5) is 11.3. The maximum atomic E-state index is 11.3. The standard InChI is InChI=1S/C19H20O5/c1-13(2)19(20)22-10-9-21-17-7-8-18(24-12-14-11-23-14)16-6-4-3-5-15(16)17/h3-8,14H,1,9-12H2,2H3. The van der Waals surface area contributed by atoms with E-state index in [1.54, 1.807) is 6.92 Å². The van der Waals surface area contributed by atoms with Crippen molar-refractivity contribution in [1.29, 1.82) is 0 Å². The van der Waals surface area contributed by atoms with Crippen LogP contribution in [0.3, 0.4) is 0 Å². The van der Waals surface area contributed by atoms with Gasteiger partial charge < -0.3 is 18.9 Å². The van der Waals surface area contributed by atoms with Gasteiger partial charge in [-0.3, -0.25) is 0 Å². The van der Waals surface area contributed by atoms with Crippen LogP contribution in [0.2, 0.25) is 0 Å². The van der Waals surface area contributed by atoms with Crippen LogP contribution in [0.4, 0.5) is 0 Å². The van der Waals surface area contributed by atoms with Crippen LogP contribution in [0.5, 0.6) is 11.5 Å². The average molecular weight is 328 g/mol. The number of epoxide rings is 1. The molecule has 5 heteroatoms. The number of esters is 1. The van der Waals surface area contributed by atoms with Crippen molar-refractivity contribution in [2.75, 3.05) is 26.4 Å². The van der Waals surface area contributed by atoms with Crippen molar-refractivity contribution in [2.24, 2.45) is 0 Å². The van der Waals surface area contributed by atoms with Crippen LogP contribution in [0, 0.1) is 0 Å². The zero-order valence-corrected chi connectivity index (χ0v) is 13.6. The lowest BCUT2D eigenvalue weighted by atomic mass is 10.1. The Kier molecular flexibility index (Phi) is 5.01. The summed E-state index contributed by atoms with van der Waals surface area (Å²) < 4.78 is 21.8. The first kappa shape index (κ1) is 16.3. The van der Waals surface area contributed by atoms with Gasteiger partial charge in [0.2, 0.25) is 0 Å². The van der Waals surface area contributed by atoms with Crippen LogP contribution < -0.4 is 9.47 Å². The fraction of sp³-hybridized carbons (Fsp3) is 0.316. The SMILES string of the molecule is C=C(C)C(=O)OCCOc1ccc(OCC2CO2)c2ccccc12. The highest BCUT2D eigenvalue weighted by molar-refractivity contribution is 5.93. The van der Waals surface area contributed by atoms with Gasteiger partial charge >= 0.3 is 5.97 Å². The van der Waals surface area contributed by atoms with E-state index in [1.807, 2.05) is 36.4 Å². The summed E-state index contributed by atoms with van der Waals surface area (Å²) in [6.45, 7) is 6.93. The molecule has 0 N–H and O–H groups in total. The minimum Gasteiger partial charge on any atom is -0.490 e. The second-order valence-electron chi connectivity index (χ2n) is 5.64. The molecule has 1 heterocycles. The number of benzene rings is 2. The maximum Gasteiger partial charge on any atom is 0.333 e. The lowest BCUT2D eigenvalue weighted by Crippen LogP contribution is -2.12. The molecule has 3 rings (SSSR count). The van der Waals surface area contributed by atoms with E-state index < -0.39 is 5.97 Å². The summed E-state index contributed by atoms with van der Waals surface area (Å²) in [6, 6.07) is 11.6. The van der Waals surface area contributed by atoms with E-state index in [-0.39, 0.29) is 19.3 Å². The van der Waals surface area contributed by atoms with Crippen LogP contribution in [-0.2, 0) is 14.3 Å². The zero-order valence-electron chi connectivity index (χ0n) is 13.6. The number of carbonyl (C=O) groups excluding carboxylic acids is 1. The molecule has 1 saturated heterocycles. The van der Waals surface area contributed by atoms with Gasteiger partial charge in [-0.05, 0) is 19.1 Å². The summed E-state index contributed by atoms with van der Waals surface area (Å²) >= 11 is 0. The van der Waals surface area contributed by atoms with Gasteiger partial charge in [-0.1, -0.05) is 30.8 Å². The Morgan fingerprint density at radius 2 is 1.75 bits per heavy atom. The monoisotopic (exact) mass is 328 g/mol. The molecule has 1 aliphatic heterocycles. The Morgan fingerprint density at radius 1 is 1.12 bits per heavy atom. The first-order valence-corrected chi connectivity index (χ1v) is 7.86. The van der Waals surface area contributed by atoms with E-state index >= 15 is 0 Å². The molecule has 0 amide bonds. The van der Waals surface area contributed by atoms with Gasteiger partial charge in [0.25, 0.3) is 0 Å². The quantitative estimate of drug-likeness (QED) is 0.322. The van der Waals surface area contributed by atoms with Crippen LogP contribution in [0.15, 0.2) is 48.6 Å². The summed E-state index contributed by atoms with van der Waals surface area (Å²) in [5, 5.41) is 1.94. The van der Waals surface area contributed by atoms with Gasteiger partial charge in [-0.2, -0.15) is 0 Å². The number of hydrogen-bond acceptors (Lipinski definition) is 5. The third-order valence-electron chi connectivity index (χ3n) is 3.59. The van der Waals surface area contributed by atoms with Crippen LogP contribution in [0.1, 0.15) is 6.92 Å². The molecule has 0 bridgehead atoms. The van der Waals surface area contributed by atoms with Crippen molar-refractivity contribution < 1.29 is 23.7 Å². The molecule has 0 aliphatic carbocycles. The number of ether oxygens (including phenoxy) is 4.